The van der Waals surface area contributed by atoms with Crippen molar-refractivity contribution in [2.24, 2.45) is 16.6 Å². The molecule has 2 fully saturated rings. The van der Waals surface area contributed by atoms with E-state index >= 15 is 0 Å². The van der Waals surface area contributed by atoms with Crippen molar-refractivity contribution in [3.05, 3.63) is 39.7 Å². The minimum Gasteiger partial charge on any atom is -0.462 e. The van der Waals surface area contributed by atoms with Crippen LogP contribution in [-0.4, -0.2) is 71.5 Å². The van der Waals surface area contributed by atoms with Crippen LogP contribution in [0.25, 0.3) is 5.70 Å². The largest absolute Gasteiger partial charge is 0.462 e. The molecule has 0 bridgehead atoms. The summed E-state index contributed by atoms with van der Waals surface area (Å²) >= 11 is 1.60. The summed E-state index contributed by atoms with van der Waals surface area (Å²) in [7, 11) is 5.96. The number of hydrazine groups is 1. The average Bonchev–Trinajstić information content (AvgIpc) is 3.50. The van der Waals surface area contributed by atoms with Gasteiger partial charge in [-0.05, 0) is 71.0 Å². The first kappa shape index (κ1) is 26.4. The molecule has 5 rings (SSSR count). The summed E-state index contributed by atoms with van der Waals surface area (Å²) < 4.78 is 5.96. The van der Waals surface area contributed by atoms with E-state index in [0.717, 1.165) is 67.8 Å². The van der Waals surface area contributed by atoms with Crippen molar-refractivity contribution in [2.75, 3.05) is 34.3 Å². The molecule has 1 aliphatic carbocycles. The Morgan fingerprint density at radius 2 is 2.13 bits per heavy atom. The van der Waals surface area contributed by atoms with Crippen LogP contribution in [0.3, 0.4) is 0 Å². The summed E-state index contributed by atoms with van der Waals surface area (Å²) in [6, 6.07) is 4.96. The number of rotatable bonds is 6. The third kappa shape index (κ3) is 4.84. The average molecular weight is 536 g/mol. The lowest BCUT2D eigenvalue weighted by Gasteiger charge is -2.49. The van der Waals surface area contributed by atoms with Crippen molar-refractivity contribution >= 4 is 28.4 Å². The highest BCUT2D eigenvalue weighted by molar-refractivity contribution is 7.16. The van der Waals surface area contributed by atoms with Gasteiger partial charge in [-0.3, -0.25) is 0 Å². The number of hydrogen-bond donors (Lipinski definition) is 2. The minimum absolute atomic E-state index is 0.327. The van der Waals surface area contributed by atoms with E-state index in [0.29, 0.717) is 35.6 Å². The summed E-state index contributed by atoms with van der Waals surface area (Å²) in [4.78, 5) is 18.9. The molecule has 4 N–H and O–H groups in total. The number of likely N-dealkylation sites (tertiary alicyclic amines) is 1. The van der Waals surface area contributed by atoms with E-state index in [-0.39, 0.29) is 0 Å². The fraction of sp³-hybridized carbons (Fsp3) is 0.556. The molecule has 2 saturated heterocycles. The number of thiophene rings is 1. The van der Waals surface area contributed by atoms with Crippen molar-refractivity contribution < 1.29 is 4.74 Å². The van der Waals surface area contributed by atoms with Crippen LogP contribution in [-0.2, 0) is 12.0 Å². The SMILES string of the molecule is CN(C)/C=N/c1sc2c(c1C#N)C1(CCC/C(=C(/N)c3ccnc(OC[C@@H]4CCCN4C)n3)N1N)CCC2. The molecule has 2 atom stereocenters. The van der Waals surface area contributed by atoms with Crippen molar-refractivity contribution in [3.63, 3.8) is 0 Å². The predicted octanol–water partition coefficient (Wildman–Crippen LogP) is 3.32. The van der Waals surface area contributed by atoms with Crippen LogP contribution in [0.4, 0.5) is 5.00 Å². The van der Waals surface area contributed by atoms with E-state index in [4.69, 9.17) is 16.3 Å². The maximum Gasteiger partial charge on any atom is 0.317 e. The predicted molar refractivity (Wildman–Crippen MR) is 150 cm³/mol. The van der Waals surface area contributed by atoms with E-state index in [1.807, 2.05) is 24.0 Å². The van der Waals surface area contributed by atoms with Gasteiger partial charge in [-0.2, -0.15) is 10.2 Å². The summed E-state index contributed by atoms with van der Waals surface area (Å²) in [5, 5.41) is 12.8. The minimum atomic E-state index is -0.487. The van der Waals surface area contributed by atoms with E-state index in [2.05, 4.69) is 33.0 Å². The molecule has 0 aromatic carbocycles. The molecule has 0 amide bonds. The summed E-state index contributed by atoms with van der Waals surface area (Å²) in [6.07, 6.45) is 11.0. The summed E-state index contributed by atoms with van der Waals surface area (Å²) in [5.41, 5.74) is 9.91. The molecule has 2 aromatic rings. The molecule has 38 heavy (non-hydrogen) atoms. The van der Waals surface area contributed by atoms with Crippen molar-refractivity contribution in [1.82, 2.24) is 24.8 Å². The van der Waals surface area contributed by atoms with Crippen molar-refractivity contribution in [1.29, 1.82) is 5.26 Å². The maximum atomic E-state index is 10.2. The number of nitrogens with two attached hydrogens (primary N) is 2. The van der Waals surface area contributed by atoms with Crippen LogP contribution < -0.4 is 16.3 Å². The van der Waals surface area contributed by atoms with Gasteiger partial charge in [0.2, 0.25) is 0 Å². The lowest BCUT2D eigenvalue weighted by molar-refractivity contribution is 0.0661. The first-order valence-corrected chi connectivity index (χ1v) is 14.1. The Bertz CT molecular complexity index is 1280. The number of nitrogens with zero attached hydrogens (tertiary/aromatic N) is 7. The Morgan fingerprint density at radius 3 is 2.84 bits per heavy atom. The zero-order valence-electron chi connectivity index (χ0n) is 22.5. The molecule has 0 saturated carbocycles. The first-order valence-electron chi connectivity index (χ1n) is 13.3. The fourth-order valence-electron chi connectivity index (χ4n) is 6.03. The Labute approximate surface area is 228 Å². The van der Waals surface area contributed by atoms with Gasteiger partial charge in [-0.25, -0.2) is 15.8 Å². The molecule has 11 heteroatoms. The Balaban J connectivity index is 1.46. The number of ether oxygens (including phenoxy) is 1. The van der Waals surface area contributed by atoms with Crippen molar-refractivity contribution in [3.8, 4) is 12.1 Å². The molecular formula is C27H37N9OS. The second-order valence-electron chi connectivity index (χ2n) is 10.7. The van der Waals surface area contributed by atoms with Crippen LogP contribution in [0.2, 0.25) is 0 Å². The van der Waals surface area contributed by atoms with Gasteiger partial charge < -0.3 is 25.3 Å². The molecule has 2 aliphatic heterocycles. The highest BCUT2D eigenvalue weighted by Gasteiger charge is 2.47. The van der Waals surface area contributed by atoms with Crippen molar-refractivity contribution in [2.45, 2.75) is 62.9 Å². The van der Waals surface area contributed by atoms with Gasteiger partial charge in [0.25, 0.3) is 0 Å². The van der Waals surface area contributed by atoms with E-state index in [9.17, 15) is 5.26 Å². The second-order valence-corrected chi connectivity index (χ2v) is 11.8. The molecular weight excluding hydrogens is 498 g/mol. The zero-order valence-corrected chi connectivity index (χ0v) is 23.3. The smallest absolute Gasteiger partial charge is 0.317 e. The van der Waals surface area contributed by atoms with E-state index in [1.54, 1.807) is 29.9 Å². The molecule has 0 radical (unpaired) electrons. The van der Waals surface area contributed by atoms with Crippen LogP contribution in [0.15, 0.2) is 23.0 Å². The Kier molecular flexibility index (Phi) is 7.56. The topological polar surface area (TPSA) is 133 Å². The molecule has 1 unspecified atom stereocenters. The van der Waals surface area contributed by atoms with Gasteiger partial charge in [-0.15, -0.1) is 11.3 Å². The first-order chi connectivity index (χ1) is 18.3. The number of aryl methyl sites for hydroxylation is 1. The number of nitriles is 1. The fourth-order valence-corrected chi connectivity index (χ4v) is 7.26. The summed E-state index contributed by atoms with van der Waals surface area (Å²) in [5.74, 6) is 6.96. The highest BCUT2D eigenvalue weighted by Crippen LogP contribution is 2.53. The number of fused-ring (bicyclic) bond motifs is 2. The van der Waals surface area contributed by atoms with Gasteiger partial charge in [0.15, 0.2) is 0 Å². The highest BCUT2D eigenvalue weighted by atomic mass is 32.1. The normalized spacial score (nSPS) is 25.0. The third-order valence-corrected chi connectivity index (χ3v) is 9.15. The van der Waals surface area contributed by atoms with Crippen LogP contribution in [0.1, 0.15) is 66.6 Å². The molecule has 10 nitrogen and oxygen atoms in total. The lowest BCUT2D eigenvalue weighted by Crippen LogP contribution is -2.54. The molecule has 1 spiro atoms. The van der Waals surface area contributed by atoms with Gasteiger partial charge in [0.05, 0.1) is 34.5 Å². The molecule has 202 valence electrons. The van der Waals surface area contributed by atoms with Gasteiger partial charge in [0, 0.05) is 36.8 Å². The number of allylic oxidation sites excluding steroid dienone is 1. The van der Waals surface area contributed by atoms with E-state index in [1.165, 1.54) is 11.3 Å². The number of piperidine rings is 1. The monoisotopic (exact) mass is 535 g/mol. The van der Waals surface area contributed by atoms with Gasteiger partial charge in [0.1, 0.15) is 17.7 Å². The third-order valence-electron chi connectivity index (χ3n) is 7.99. The quantitative estimate of drug-likeness (QED) is 0.325. The molecule has 2 aromatic heterocycles. The Morgan fingerprint density at radius 1 is 1.34 bits per heavy atom. The second kappa shape index (κ2) is 10.9. The molecule has 4 heterocycles. The standard InChI is InChI=1S/C27H37N9OS/c1-34(2)17-32-25-19(15-28)23-22(38-25)9-5-12-27(23)11-4-8-21(36(27)30)24(29)20-10-13-31-26(33-20)37-16-18-7-6-14-35(18)3/h10,13,17-18H,4-9,11-12,14,16,29-30H2,1-3H3/b24-21-,32-17+/t18-,27?/m0/s1. The lowest BCUT2D eigenvalue weighted by atomic mass is 9.72. The number of hydrogen-bond acceptors (Lipinski definition) is 10. The van der Waals surface area contributed by atoms with Gasteiger partial charge >= 0.3 is 6.01 Å². The summed E-state index contributed by atoms with van der Waals surface area (Å²) in [6.45, 7) is 1.64. The van der Waals surface area contributed by atoms with Crippen LogP contribution in [0, 0.1) is 11.3 Å². The van der Waals surface area contributed by atoms with Crippen LogP contribution in [0.5, 0.6) is 6.01 Å². The Hall–Kier alpha value is -3.20. The van der Waals surface area contributed by atoms with Crippen LogP contribution >= 0.6 is 11.3 Å². The molecule has 3 aliphatic rings. The van der Waals surface area contributed by atoms with E-state index < -0.39 is 5.54 Å². The zero-order chi connectivity index (χ0) is 26.9. The number of aliphatic imine (C=N–C) groups is 1. The number of aromatic nitrogens is 2. The van der Waals surface area contributed by atoms with Gasteiger partial charge in [-0.1, -0.05) is 0 Å². The maximum absolute atomic E-state index is 10.2. The number of likely N-dealkylation sites (N-methyl/N-ethyl adjacent to an activating group) is 1.